The van der Waals surface area contributed by atoms with Crippen molar-refractivity contribution in [1.82, 2.24) is 9.80 Å². The van der Waals surface area contributed by atoms with Gasteiger partial charge in [0.05, 0.1) is 9.82 Å². The lowest BCUT2D eigenvalue weighted by atomic mass is 10.0. The van der Waals surface area contributed by atoms with Crippen LogP contribution in [0, 0.1) is 10.1 Å². The van der Waals surface area contributed by atoms with Crippen molar-refractivity contribution in [2.24, 2.45) is 0 Å². The van der Waals surface area contributed by atoms with E-state index >= 15 is 0 Å². The van der Waals surface area contributed by atoms with Gasteiger partial charge >= 0.3 is 0 Å². The van der Waals surface area contributed by atoms with Crippen molar-refractivity contribution in [3.8, 4) is 0 Å². The Hall–Kier alpha value is -3.13. The first kappa shape index (κ1) is 25.5. The van der Waals surface area contributed by atoms with E-state index in [1.54, 1.807) is 34.9 Å². The van der Waals surface area contributed by atoms with Crippen LogP contribution in [0.25, 0.3) is 6.08 Å². The lowest BCUT2D eigenvalue weighted by Crippen LogP contribution is -2.59. The second-order valence-corrected chi connectivity index (χ2v) is 10.1. The van der Waals surface area contributed by atoms with Gasteiger partial charge in [-0.2, -0.15) is 0 Å². The van der Waals surface area contributed by atoms with Crippen LogP contribution in [-0.4, -0.2) is 51.7 Å². The summed E-state index contributed by atoms with van der Waals surface area (Å²) in [6, 6.07) is 12.8. The maximum Gasteiger partial charge on any atom is 0.283 e. The highest BCUT2D eigenvalue weighted by Crippen LogP contribution is 2.39. The van der Waals surface area contributed by atoms with E-state index in [0.29, 0.717) is 29.5 Å². The minimum Gasteiger partial charge on any atom is -0.335 e. The van der Waals surface area contributed by atoms with Crippen LogP contribution in [-0.2, 0) is 9.59 Å². The number of nitrogens with zero attached hydrogens (tertiary/aromatic N) is 3. The molecule has 2 atom stereocenters. The number of hydrogen-bond donors (Lipinski definition) is 0. The molecule has 2 aromatic rings. The third-order valence-corrected chi connectivity index (χ3v) is 7.11. The van der Waals surface area contributed by atoms with Crippen molar-refractivity contribution in [2.75, 3.05) is 13.1 Å². The molecule has 0 spiro atoms. The van der Waals surface area contributed by atoms with Crippen LogP contribution in [0.5, 0.6) is 0 Å². The monoisotopic (exact) mass is 481 g/mol. The minimum absolute atomic E-state index is 0.00364. The van der Waals surface area contributed by atoms with Crippen molar-refractivity contribution < 1.29 is 14.5 Å². The van der Waals surface area contributed by atoms with Gasteiger partial charge in [-0.3, -0.25) is 19.7 Å². The Balaban J connectivity index is 1.77. The molecule has 0 N–H and O–H groups in total. The van der Waals surface area contributed by atoms with Gasteiger partial charge in [0, 0.05) is 49.1 Å². The van der Waals surface area contributed by atoms with Crippen molar-refractivity contribution in [1.29, 1.82) is 0 Å². The Kier molecular flexibility index (Phi) is 8.15. The van der Waals surface area contributed by atoms with Crippen molar-refractivity contribution in [3.63, 3.8) is 0 Å². The molecule has 3 rings (SSSR count). The fraction of sp³-hybridized carbons (Fsp3) is 0.385. The summed E-state index contributed by atoms with van der Waals surface area (Å²) in [6.07, 6.45) is 3.06. The highest BCUT2D eigenvalue weighted by molar-refractivity contribution is 7.99. The molecule has 0 bridgehead atoms. The molecule has 1 heterocycles. The normalized spacial score (nSPS) is 18.5. The van der Waals surface area contributed by atoms with E-state index in [9.17, 15) is 19.7 Å². The predicted octanol–water partition coefficient (Wildman–Crippen LogP) is 5.35. The summed E-state index contributed by atoms with van der Waals surface area (Å²) in [4.78, 5) is 41.1. The quantitative estimate of drug-likeness (QED) is 0.315. The maximum atomic E-state index is 12.8. The predicted molar refractivity (Wildman–Crippen MR) is 135 cm³/mol. The van der Waals surface area contributed by atoms with Crippen molar-refractivity contribution >= 4 is 35.3 Å². The first-order chi connectivity index (χ1) is 16.1. The summed E-state index contributed by atoms with van der Waals surface area (Å²) < 4.78 is 0. The topological polar surface area (TPSA) is 83.8 Å². The number of hydrogen-bond acceptors (Lipinski definition) is 5. The van der Waals surface area contributed by atoms with Gasteiger partial charge in [0.1, 0.15) is 0 Å². The van der Waals surface area contributed by atoms with Gasteiger partial charge in [0.25, 0.3) is 5.69 Å². The van der Waals surface area contributed by atoms with Crippen molar-refractivity contribution in [2.45, 2.75) is 62.4 Å². The number of nitro benzene ring substituents is 1. The van der Waals surface area contributed by atoms with Gasteiger partial charge in [-0.05, 0) is 49.1 Å². The van der Waals surface area contributed by atoms with Gasteiger partial charge in [-0.25, -0.2) is 0 Å². The zero-order valence-corrected chi connectivity index (χ0v) is 21.0. The Morgan fingerprint density at radius 2 is 1.74 bits per heavy atom. The third-order valence-electron chi connectivity index (χ3n) is 5.95. The van der Waals surface area contributed by atoms with E-state index in [-0.39, 0.29) is 34.5 Å². The van der Waals surface area contributed by atoms with Crippen LogP contribution in [0.3, 0.4) is 0 Å². The van der Waals surface area contributed by atoms with Crippen LogP contribution >= 0.6 is 11.8 Å². The van der Waals surface area contributed by atoms with E-state index in [4.69, 9.17) is 0 Å². The maximum absolute atomic E-state index is 12.8. The number of piperazine rings is 1. The van der Waals surface area contributed by atoms with E-state index in [0.717, 1.165) is 10.5 Å². The second kappa shape index (κ2) is 10.9. The molecule has 2 unspecified atom stereocenters. The van der Waals surface area contributed by atoms with E-state index < -0.39 is 0 Å². The molecule has 2 aromatic carbocycles. The van der Waals surface area contributed by atoms with Crippen LogP contribution in [0.2, 0.25) is 0 Å². The molecule has 0 saturated carbocycles. The minimum atomic E-state index is -0.385. The molecular weight excluding hydrogens is 450 g/mol. The molecule has 2 amide bonds. The average molecular weight is 482 g/mol. The number of rotatable bonds is 6. The van der Waals surface area contributed by atoms with E-state index in [2.05, 4.69) is 13.8 Å². The molecule has 7 nitrogen and oxygen atoms in total. The molecule has 1 aliphatic rings. The number of carbonyl (C=O) groups is 2. The lowest BCUT2D eigenvalue weighted by Gasteiger charge is -2.43. The van der Waals surface area contributed by atoms with E-state index in [1.807, 2.05) is 38.1 Å². The third kappa shape index (κ3) is 5.86. The Labute approximate surface area is 205 Å². The smallest absolute Gasteiger partial charge is 0.283 e. The molecule has 0 aliphatic carbocycles. The zero-order chi connectivity index (χ0) is 25.0. The van der Waals surface area contributed by atoms with Crippen LogP contribution in [0.1, 0.15) is 51.7 Å². The summed E-state index contributed by atoms with van der Waals surface area (Å²) in [6.45, 7) is 10.5. The molecule has 180 valence electrons. The van der Waals surface area contributed by atoms with Gasteiger partial charge in [0.15, 0.2) is 0 Å². The molecule has 1 saturated heterocycles. The van der Waals surface area contributed by atoms with Gasteiger partial charge in [-0.15, -0.1) is 0 Å². The number of nitro groups is 1. The standard InChI is InChI=1S/C26H31N3O4S/c1-17(2)22-8-6-7-9-24(22)34-25-12-10-21(14-23(25)29(32)33)11-13-26(31)27-15-18(3)28(20(5)30)19(4)16-27/h6-14,17-19H,15-16H2,1-5H3. The van der Waals surface area contributed by atoms with Gasteiger partial charge in [-0.1, -0.05) is 49.9 Å². The fourth-order valence-electron chi connectivity index (χ4n) is 4.43. The van der Waals surface area contributed by atoms with E-state index in [1.165, 1.54) is 23.9 Å². The molecule has 34 heavy (non-hydrogen) atoms. The highest BCUT2D eigenvalue weighted by atomic mass is 32.2. The van der Waals surface area contributed by atoms with Crippen LogP contribution in [0.15, 0.2) is 58.3 Å². The summed E-state index contributed by atoms with van der Waals surface area (Å²) >= 11 is 1.38. The van der Waals surface area contributed by atoms with Gasteiger partial charge < -0.3 is 9.80 Å². The lowest BCUT2D eigenvalue weighted by molar-refractivity contribution is -0.387. The average Bonchev–Trinajstić information content (AvgIpc) is 2.77. The summed E-state index contributed by atoms with van der Waals surface area (Å²) in [5.74, 6) is 0.136. The van der Waals surface area contributed by atoms with Gasteiger partial charge in [0.2, 0.25) is 11.8 Å². The summed E-state index contributed by atoms with van der Waals surface area (Å²) in [5, 5.41) is 11.8. The Morgan fingerprint density at radius 1 is 1.09 bits per heavy atom. The fourth-order valence-corrected chi connectivity index (χ4v) is 5.61. The molecule has 1 fully saturated rings. The van der Waals surface area contributed by atoms with Crippen LogP contribution < -0.4 is 0 Å². The first-order valence-electron chi connectivity index (χ1n) is 11.4. The Morgan fingerprint density at radius 3 is 2.32 bits per heavy atom. The summed E-state index contributed by atoms with van der Waals surface area (Å²) in [7, 11) is 0. The highest BCUT2D eigenvalue weighted by Gasteiger charge is 2.32. The summed E-state index contributed by atoms with van der Waals surface area (Å²) in [5.41, 5.74) is 1.74. The number of carbonyl (C=O) groups excluding carboxylic acids is 2. The number of amides is 2. The second-order valence-electron chi connectivity index (χ2n) is 8.98. The zero-order valence-electron chi connectivity index (χ0n) is 20.2. The molecule has 1 aliphatic heterocycles. The molecule has 0 aromatic heterocycles. The molecule has 8 heteroatoms. The van der Waals surface area contributed by atoms with Crippen molar-refractivity contribution in [3.05, 3.63) is 69.8 Å². The Bertz CT molecular complexity index is 1100. The molecular formula is C26H31N3O4S. The SMILES string of the molecule is CC(=O)N1C(C)CN(C(=O)C=Cc2ccc(Sc3ccccc3C(C)C)c([N+](=O)[O-])c2)CC1C. The largest absolute Gasteiger partial charge is 0.335 e. The first-order valence-corrected chi connectivity index (χ1v) is 12.2. The molecule has 0 radical (unpaired) electrons. The number of benzene rings is 2. The van der Waals surface area contributed by atoms with Crippen LogP contribution in [0.4, 0.5) is 5.69 Å².